The second kappa shape index (κ2) is 4.63. The second-order valence-corrected chi connectivity index (χ2v) is 4.44. The molecule has 1 saturated carbocycles. The molecular weight excluding hydrogens is 182 g/mol. The van der Waals surface area contributed by atoms with Crippen molar-refractivity contribution in [3.63, 3.8) is 0 Å². The number of rotatable bonds is 4. The molecule has 1 fully saturated rings. The summed E-state index contributed by atoms with van der Waals surface area (Å²) in [6.07, 6.45) is 7.16. The van der Waals surface area contributed by atoms with Crippen molar-refractivity contribution in [2.75, 3.05) is 6.54 Å². The van der Waals surface area contributed by atoms with Crippen molar-refractivity contribution in [2.24, 2.45) is 0 Å². The van der Waals surface area contributed by atoms with E-state index in [4.69, 9.17) is 0 Å². The first kappa shape index (κ1) is 10.4. The van der Waals surface area contributed by atoms with Crippen LogP contribution in [0.4, 0.5) is 0 Å². The molecule has 80 valence electrons. The van der Waals surface area contributed by atoms with Gasteiger partial charge in [-0.1, -0.05) is 35.9 Å². The first-order chi connectivity index (χ1) is 7.25. The Morgan fingerprint density at radius 1 is 1.33 bits per heavy atom. The molecule has 0 atom stereocenters. The zero-order valence-corrected chi connectivity index (χ0v) is 9.59. The van der Waals surface area contributed by atoms with Crippen LogP contribution >= 0.6 is 0 Å². The minimum atomic E-state index is 0.799. The van der Waals surface area contributed by atoms with Crippen LogP contribution in [0.1, 0.15) is 29.5 Å². The lowest BCUT2D eigenvalue weighted by atomic mass is 10.1. The fourth-order valence-corrected chi connectivity index (χ4v) is 1.65. The summed E-state index contributed by atoms with van der Waals surface area (Å²) < 4.78 is 0. The number of benzene rings is 1. The summed E-state index contributed by atoms with van der Waals surface area (Å²) >= 11 is 0. The van der Waals surface area contributed by atoms with Gasteiger partial charge < -0.3 is 5.32 Å². The van der Waals surface area contributed by atoms with Gasteiger partial charge in [0.2, 0.25) is 0 Å². The van der Waals surface area contributed by atoms with E-state index in [0.29, 0.717) is 0 Å². The standard InChI is InChI=1S/C14H19N/c1-11-5-6-12(2)13(10-11)4-3-9-15-14-7-8-14/h3-6,10,14-15H,7-9H2,1-2H3. The van der Waals surface area contributed by atoms with Crippen molar-refractivity contribution < 1.29 is 0 Å². The summed E-state index contributed by atoms with van der Waals surface area (Å²) in [4.78, 5) is 0. The van der Waals surface area contributed by atoms with Gasteiger partial charge in [-0.15, -0.1) is 0 Å². The van der Waals surface area contributed by atoms with Crippen molar-refractivity contribution >= 4 is 6.08 Å². The van der Waals surface area contributed by atoms with E-state index >= 15 is 0 Å². The van der Waals surface area contributed by atoms with Gasteiger partial charge in [0.1, 0.15) is 0 Å². The van der Waals surface area contributed by atoms with E-state index in [1.54, 1.807) is 0 Å². The van der Waals surface area contributed by atoms with Gasteiger partial charge in [-0.2, -0.15) is 0 Å². The van der Waals surface area contributed by atoms with E-state index in [9.17, 15) is 0 Å². The molecule has 1 aromatic carbocycles. The van der Waals surface area contributed by atoms with E-state index in [1.807, 2.05) is 0 Å². The maximum Gasteiger partial charge on any atom is 0.0140 e. The molecule has 0 spiro atoms. The molecule has 1 aliphatic rings. The molecule has 0 amide bonds. The Bertz CT molecular complexity index is 362. The van der Waals surface area contributed by atoms with Crippen molar-refractivity contribution in [1.29, 1.82) is 0 Å². The molecule has 1 heteroatoms. The van der Waals surface area contributed by atoms with Crippen molar-refractivity contribution in [2.45, 2.75) is 32.7 Å². The highest BCUT2D eigenvalue weighted by Gasteiger charge is 2.18. The topological polar surface area (TPSA) is 12.0 Å². The van der Waals surface area contributed by atoms with Crippen LogP contribution in [0, 0.1) is 13.8 Å². The van der Waals surface area contributed by atoms with Gasteiger partial charge in [-0.05, 0) is 37.8 Å². The van der Waals surface area contributed by atoms with E-state index in [1.165, 1.54) is 29.5 Å². The van der Waals surface area contributed by atoms with Gasteiger partial charge in [-0.3, -0.25) is 0 Å². The summed E-state index contributed by atoms with van der Waals surface area (Å²) in [5.74, 6) is 0. The lowest BCUT2D eigenvalue weighted by molar-refractivity contribution is 0.754. The average molecular weight is 201 g/mol. The highest BCUT2D eigenvalue weighted by molar-refractivity contribution is 5.54. The minimum Gasteiger partial charge on any atom is -0.311 e. The molecule has 0 unspecified atom stereocenters. The predicted octanol–water partition coefficient (Wildman–Crippen LogP) is 3.07. The first-order valence-corrected chi connectivity index (χ1v) is 5.73. The van der Waals surface area contributed by atoms with Crippen LogP contribution in [-0.4, -0.2) is 12.6 Å². The summed E-state index contributed by atoms with van der Waals surface area (Å²) in [6.45, 7) is 5.30. The lowest BCUT2D eigenvalue weighted by Crippen LogP contribution is -2.15. The minimum absolute atomic E-state index is 0.799. The third kappa shape index (κ3) is 3.21. The van der Waals surface area contributed by atoms with Crippen LogP contribution in [0.3, 0.4) is 0 Å². The molecule has 1 nitrogen and oxygen atoms in total. The Morgan fingerprint density at radius 3 is 2.87 bits per heavy atom. The predicted molar refractivity (Wildman–Crippen MR) is 66.0 cm³/mol. The fraction of sp³-hybridized carbons (Fsp3) is 0.429. The Morgan fingerprint density at radius 2 is 2.13 bits per heavy atom. The summed E-state index contributed by atoms with van der Waals surface area (Å²) in [6, 6.07) is 7.38. The van der Waals surface area contributed by atoms with Crippen LogP contribution < -0.4 is 5.32 Å². The van der Waals surface area contributed by atoms with Crippen LogP contribution in [0.15, 0.2) is 24.3 Å². The van der Waals surface area contributed by atoms with Gasteiger partial charge in [0, 0.05) is 12.6 Å². The highest BCUT2D eigenvalue weighted by atomic mass is 14.9. The molecule has 0 heterocycles. The molecule has 15 heavy (non-hydrogen) atoms. The zero-order chi connectivity index (χ0) is 10.7. The van der Waals surface area contributed by atoms with E-state index in [-0.39, 0.29) is 0 Å². The maximum absolute atomic E-state index is 3.47. The largest absolute Gasteiger partial charge is 0.311 e. The summed E-state index contributed by atoms with van der Waals surface area (Å²) in [5, 5.41) is 3.47. The van der Waals surface area contributed by atoms with Gasteiger partial charge in [-0.25, -0.2) is 0 Å². The van der Waals surface area contributed by atoms with E-state index < -0.39 is 0 Å². The molecule has 1 aromatic rings. The van der Waals surface area contributed by atoms with Crippen LogP contribution in [0.2, 0.25) is 0 Å². The monoisotopic (exact) mass is 201 g/mol. The molecule has 2 rings (SSSR count). The van der Waals surface area contributed by atoms with Gasteiger partial charge in [0.25, 0.3) is 0 Å². The molecular formula is C14H19N. The third-order valence-corrected chi connectivity index (χ3v) is 2.83. The SMILES string of the molecule is Cc1ccc(C)c(C=CCNC2CC2)c1. The number of nitrogens with one attached hydrogen (secondary N) is 1. The smallest absolute Gasteiger partial charge is 0.0140 e. The highest BCUT2D eigenvalue weighted by Crippen LogP contribution is 2.18. The second-order valence-electron chi connectivity index (χ2n) is 4.44. The molecule has 0 radical (unpaired) electrons. The molecule has 0 saturated heterocycles. The molecule has 1 aliphatic carbocycles. The van der Waals surface area contributed by atoms with Crippen LogP contribution in [-0.2, 0) is 0 Å². The number of hydrogen-bond acceptors (Lipinski definition) is 1. The van der Waals surface area contributed by atoms with Crippen molar-refractivity contribution in [3.8, 4) is 0 Å². The zero-order valence-electron chi connectivity index (χ0n) is 9.59. The van der Waals surface area contributed by atoms with Gasteiger partial charge in [0.15, 0.2) is 0 Å². The van der Waals surface area contributed by atoms with Crippen LogP contribution in [0.5, 0.6) is 0 Å². The molecule has 0 bridgehead atoms. The van der Waals surface area contributed by atoms with Crippen molar-refractivity contribution in [1.82, 2.24) is 5.32 Å². The fourth-order valence-electron chi connectivity index (χ4n) is 1.65. The number of hydrogen-bond donors (Lipinski definition) is 1. The number of aryl methyl sites for hydroxylation is 2. The average Bonchev–Trinajstić information content (AvgIpc) is 3.01. The summed E-state index contributed by atoms with van der Waals surface area (Å²) in [7, 11) is 0. The summed E-state index contributed by atoms with van der Waals surface area (Å²) in [5.41, 5.74) is 4.02. The molecule has 0 aliphatic heterocycles. The Hall–Kier alpha value is -1.08. The Kier molecular flexibility index (Phi) is 3.22. The molecule has 1 N–H and O–H groups in total. The van der Waals surface area contributed by atoms with Gasteiger partial charge in [0.05, 0.1) is 0 Å². The Labute approximate surface area is 92.2 Å². The Balaban J connectivity index is 1.92. The lowest BCUT2D eigenvalue weighted by Gasteiger charge is -2.02. The third-order valence-electron chi connectivity index (χ3n) is 2.83. The van der Waals surface area contributed by atoms with Crippen molar-refractivity contribution in [3.05, 3.63) is 41.0 Å². The quantitative estimate of drug-likeness (QED) is 0.789. The van der Waals surface area contributed by atoms with Gasteiger partial charge >= 0.3 is 0 Å². The molecule has 0 aromatic heterocycles. The van der Waals surface area contributed by atoms with E-state index in [2.05, 4.69) is 49.5 Å². The normalized spacial score (nSPS) is 16.1. The first-order valence-electron chi connectivity index (χ1n) is 5.73. The van der Waals surface area contributed by atoms with E-state index in [0.717, 1.165) is 12.6 Å². The van der Waals surface area contributed by atoms with Crippen LogP contribution in [0.25, 0.3) is 6.08 Å². The maximum atomic E-state index is 3.47.